The number of amides is 4. The maximum Gasteiger partial charge on any atom is 0.368 e. The fourth-order valence-electron chi connectivity index (χ4n) is 9.23. The first-order valence-electron chi connectivity index (χ1n) is 19.0. The van der Waals surface area contributed by atoms with Gasteiger partial charge in [0.05, 0.1) is 12.6 Å². The number of guanidine groups is 1. The minimum absolute atomic E-state index is 0.0876. The molecule has 1 aliphatic heterocycles. The average Bonchev–Trinajstić information content (AvgIpc) is 3.07. The predicted octanol–water partition coefficient (Wildman–Crippen LogP) is 1.91. The van der Waals surface area contributed by atoms with Gasteiger partial charge in [-0.2, -0.15) is 0 Å². The van der Waals surface area contributed by atoms with Crippen molar-refractivity contribution in [3.8, 4) is 0 Å². The van der Waals surface area contributed by atoms with Crippen LogP contribution in [0.3, 0.4) is 0 Å². The molecule has 4 amide bonds. The molecule has 1 heterocycles. The second-order valence-corrected chi connectivity index (χ2v) is 17.3. The normalized spacial score (nSPS) is 33.9. The molecule has 5 atom stereocenters. The van der Waals surface area contributed by atoms with Gasteiger partial charge in [0.15, 0.2) is 5.96 Å². The van der Waals surface area contributed by atoms with Gasteiger partial charge in [-0.05, 0) is 119 Å². The molecule has 16 heteroatoms. The highest BCUT2D eigenvalue weighted by Crippen LogP contribution is 2.61. The molecular formula is C36H58N9O6P. The van der Waals surface area contributed by atoms with Crippen molar-refractivity contribution < 1.29 is 28.3 Å². The Labute approximate surface area is 306 Å². The van der Waals surface area contributed by atoms with Gasteiger partial charge in [-0.1, -0.05) is 30.3 Å². The lowest BCUT2D eigenvalue weighted by Gasteiger charge is -2.57. The van der Waals surface area contributed by atoms with Crippen molar-refractivity contribution in [2.24, 2.45) is 34.6 Å². The third kappa shape index (κ3) is 11.0. The Hall–Kier alpha value is -3.52. The van der Waals surface area contributed by atoms with Crippen molar-refractivity contribution in [1.82, 2.24) is 31.4 Å². The molecule has 4 bridgehead atoms. The lowest BCUT2D eigenvalue weighted by molar-refractivity contribution is -0.136. The lowest BCUT2D eigenvalue weighted by Crippen LogP contribution is -2.59. The second kappa shape index (κ2) is 18.0. The Balaban J connectivity index is 1.37. The van der Waals surface area contributed by atoms with Crippen LogP contribution in [0.1, 0.15) is 89.5 Å². The summed E-state index contributed by atoms with van der Waals surface area (Å²) in [4.78, 5) is 54.3. The van der Waals surface area contributed by atoms with Crippen LogP contribution < -0.4 is 42.9 Å². The molecule has 5 fully saturated rings. The van der Waals surface area contributed by atoms with E-state index in [1.165, 1.54) is 19.3 Å². The predicted molar refractivity (Wildman–Crippen MR) is 198 cm³/mol. The topological polar surface area (TPSA) is 243 Å². The standard InChI is InChI=1S/C36H58N9O6P/c1-2-51-52(50)41-14-7-6-11-28(31(38)46)42-34(49)30(22-36-19-24-15-25(20-36)17-26(16-24)21-36)44-33(48)29(12-8-13-40-35(39)45-52)43-32(47)27(37)18-23-9-4-3-5-10-23/h3-5,9-10,24-30H,2,6-8,11-22,37H2,1H3,(H2,38,46)(H,42,49)(H,43,47)(H,44,48)(H4,39,40,41,45,50)/t24?,25?,26?,27-,28-,29+,30-,36?,52?/m0/s1. The first-order valence-corrected chi connectivity index (χ1v) is 20.6. The first kappa shape index (κ1) is 39.7. The van der Waals surface area contributed by atoms with Crippen LogP contribution in [0.5, 0.6) is 0 Å². The molecule has 1 saturated heterocycles. The largest absolute Gasteiger partial charge is 0.368 e. The molecule has 5 aliphatic rings. The van der Waals surface area contributed by atoms with Gasteiger partial charge in [-0.3, -0.25) is 29.7 Å². The summed E-state index contributed by atoms with van der Waals surface area (Å²) in [5, 5.41) is 25.3. The molecule has 288 valence electrons. The highest BCUT2D eigenvalue weighted by Gasteiger charge is 2.52. The number of primary amides is 1. The van der Waals surface area contributed by atoms with E-state index in [-0.39, 0.29) is 50.3 Å². The van der Waals surface area contributed by atoms with Gasteiger partial charge in [0.1, 0.15) is 18.1 Å². The van der Waals surface area contributed by atoms with Gasteiger partial charge in [0, 0.05) is 13.1 Å². The van der Waals surface area contributed by atoms with Crippen LogP contribution in [0.4, 0.5) is 0 Å². The lowest BCUT2D eigenvalue weighted by atomic mass is 9.48. The number of carbonyl (C=O) groups excluding carboxylic acids is 4. The Morgan fingerprint density at radius 2 is 1.65 bits per heavy atom. The fourth-order valence-corrected chi connectivity index (χ4v) is 10.7. The second-order valence-electron chi connectivity index (χ2n) is 15.4. The smallest absolute Gasteiger partial charge is 0.368 e. The number of benzene rings is 1. The molecule has 6 rings (SSSR count). The molecule has 0 radical (unpaired) electrons. The number of hydrogen-bond donors (Lipinski definition) is 9. The van der Waals surface area contributed by atoms with Gasteiger partial charge < -0.3 is 37.3 Å². The Morgan fingerprint density at radius 1 is 0.981 bits per heavy atom. The van der Waals surface area contributed by atoms with Gasteiger partial charge in [0.2, 0.25) is 23.6 Å². The van der Waals surface area contributed by atoms with Gasteiger partial charge in [-0.15, -0.1) is 0 Å². The third-order valence-corrected chi connectivity index (χ3v) is 12.9. The van der Waals surface area contributed by atoms with Crippen molar-refractivity contribution in [2.45, 2.75) is 115 Å². The maximum absolute atomic E-state index is 14.2. The van der Waals surface area contributed by atoms with Crippen molar-refractivity contribution in [3.63, 3.8) is 0 Å². The monoisotopic (exact) mass is 743 g/mol. The van der Waals surface area contributed by atoms with Crippen LogP contribution >= 0.6 is 7.67 Å². The SMILES string of the molecule is CCOP1(=O)NCCCC[C@@H](C(N)=O)NC(=O)[C@H](CC23CC4CC(CC(C4)C2)C3)NC(=O)[C@H](NC(=O)[C@@H](N)Cc2ccccc2)CCCNC(=N)N1. The van der Waals surface area contributed by atoms with Crippen LogP contribution in [0, 0.1) is 28.6 Å². The zero-order valence-corrected chi connectivity index (χ0v) is 31.2. The summed E-state index contributed by atoms with van der Waals surface area (Å²) in [7, 11) is -3.63. The molecule has 1 aromatic carbocycles. The number of hydrogen-bond acceptors (Lipinski definition) is 8. The molecule has 0 spiro atoms. The Bertz CT molecular complexity index is 1440. The molecule has 4 saturated carbocycles. The van der Waals surface area contributed by atoms with Gasteiger partial charge in [-0.25, -0.2) is 9.65 Å². The van der Waals surface area contributed by atoms with Crippen LogP contribution in [0.2, 0.25) is 0 Å². The van der Waals surface area contributed by atoms with E-state index < -0.39 is 55.5 Å². The Kier molecular flexibility index (Phi) is 13.7. The van der Waals surface area contributed by atoms with Crippen LogP contribution in [0.15, 0.2) is 30.3 Å². The number of nitrogens with two attached hydrogens (primary N) is 2. The molecule has 52 heavy (non-hydrogen) atoms. The Morgan fingerprint density at radius 3 is 2.29 bits per heavy atom. The highest BCUT2D eigenvalue weighted by molar-refractivity contribution is 7.55. The third-order valence-electron chi connectivity index (χ3n) is 11.1. The summed E-state index contributed by atoms with van der Waals surface area (Å²) in [6.07, 6.45) is 9.09. The summed E-state index contributed by atoms with van der Waals surface area (Å²) < 4.78 is 18.8. The zero-order chi connectivity index (χ0) is 37.3. The van der Waals surface area contributed by atoms with E-state index in [2.05, 4.69) is 31.4 Å². The minimum atomic E-state index is -3.63. The fraction of sp³-hybridized carbons (Fsp3) is 0.694. The van der Waals surface area contributed by atoms with Crippen LogP contribution in [-0.2, 0) is 34.7 Å². The quantitative estimate of drug-likeness (QED) is 0.166. The van der Waals surface area contributed by atoms with Crippen molar-refractivity contribution >= 4 is 37.3 Å². The zero-order valence-electron chi connectivity index (χ0n) is 30.3. The summed E-state index contributed by atoms with van der Waals surface area (Å²) in [5.74, 6) is -0.565. The summed E-state index contributed by atoms with van der Waals surface area (Å²) in [6.45, 7) is 2.30. The maximum atomic E-state index is 14.2. The molecule has 11 N–H and O–H groups in total. The van der Waals surface area contributed by atoms with Crippen molar-refractivity contribution in [1.29, 1.82) is 5.41 Å². The van der Waals surface area contributed by atoms with Gasteiger partial charge in [0.25, 0.3) is 0 Å². The molecular weight excluding hydrogens is 685 g/mol. The molecule has 15 nitrogen and oxygen atoms in total. The van der Waals surface area contributed by atoms with E-state index in [1.54, 1.807) is 6.92 Å². The van der Waals surface area contributed by atoms with Crippen LogP contribution in [0.25, 0.3) is 0 Å². The van der Waals surface area contributed by atoms with Crippen LogP contribution in [-0.4, -0.2) is 73.5 Å². The highest BCUT2D eigenvalue weighted by atomic mass is 31.2. The first-order chi connectivity index (χ1) is 24.9. The molecule has 1 aromatic rings. The summed E-state index contributed by atoms with van der Waals surface area (Å²) in [6, 6.07) is 5.45. The number of carbonyl (C=O) groups is 4. The van der Waals surface area contributed by atoms with E-state index in [9.17, 15) is 23.7 Å². The van der Waals surface area contributed by atoms with Crippen molar-refractivity contribution in [2.75, 3.05) is 19.7 Å². The molecule has 0 aromatic heterocycles. The number of nitrogens with one attached hydrogen (secondary N) is 7. The van der Waals surface area contributed by atoms with E-state index in [0.717, 1.165) is 24.8 Å². The minimum Gasteiger partial charge on any atom is -0.368 e. The summed E-state index contributed by atoms with van der Waals surface area (Å²) >= 11 is 0. The van der Waals surface area contributed by atoms with Crippen molar-refractivity contribution in [3.05, 3.63) is 35.9 Å². The van der Waals surface area contributed by atoms with E-state index in [0.29, 0.717) is 43.4 Å². The summed E-state index contributed by atoms with van der Waals surface area (Å²) in [5.41, 5.74) is 12.9. The van der Waals surface area contributed by atoms with E-state index in [1.807, 2.05) is 30.3 Å². The van der Waals surface area contributed by atoms with E-state index in [4.69, 9.17) is 21.4 Å². The molecule has 4 aliphatic carbocycles. The average molecular weight is 744 g/mol. The van der Waals surface area contributed by atoms with E-state index >= 15 is 0 Å². The number of rotatable bonds is 9. The molecule has 1 unspecified atom stereocenters. The van der Waals surface area contributed by atoms with Gasteiger partial charge >= 0.3 is 7.67 Å².